The van der Waals surface area contributed by atoms with E-state index in [-0.39, 0.29) is 12.0 Å². The zero-order chi connectivity index (χ0) is 31.6. The van der Waals surface area contributed by atoms with Crippen LogP contribution in [0.5, 0.6) is 5.75 Å². The van der Waals surface area contributed by atoms with Crippen LogP contribution in [0.4, 0.5) is 0 Å². The highest BCUT2D eigenvalue weighted by Crippen LogP contribution is 2.55. The second kappa shape index (κ2) is 10.8. The second-order valence-corrected chi connectivity index (χ2v) is 13.0. The fourth-order valence-electron chi connectivity index (χ4n) is 8.07. The predicted molar refractivity (Wildman–Crippen MR) is 196 cm³/mol. The Labute approximate surface area is 280 Å². The molecule has 3 aliphatic rings. The van der Waals surface area contributed by atoms with Gasteiger partial charge < -0.3 is 9.30 Å². The van der Waals surface area contributed by atoms with Crippen LogP contribution >= 0.6 is 0 Å². The van der Waals surface area contributed by atoms with Crippen molar-refractivity contribution < 1.29 is 4.74 Å². The monoisotopic (exact) mass is 616 g/mol. The van der Waals surface area contributed by atoms with E-state index >= 15 is 0 Å². The van der Waals surface area contributed by atoms with Gasteiger partial charge in [0.05, 0.1) is 22.3 Å². The van der Waals surface area contributed by atoms with E-state index in [1.165, 1.54) is 50.1 Å². The van der Waals surface area contributed by atoms with Crippen molar-refractivity contribution in [3.63, 3.8) is 0 Å². The van der Waals surface area contributed by atoms with Crippen LogP contribution in [0.15, 0.2) is 158 Å². The van der Waals surface area contributed by atoms with Crippen LogP contribution < -0.4 is 4.74 Å². The van der Waals surface area contributed by atoms with Crippen molar-refractivity contribution in [3.05, 3.63) is 175 Å². The number of hydrogen-bond acceptors (Lipinski definition) is 2. The van der Waals surface area contributed by atoms with Gasteiger partial charge in [-0.1, -0.05) is 121 Å². The summed E-state index contributed by atoms with van der Waals surface area (Å²) in [6.07, 6.45) is 10.7. The average molecular weight is 617 g/mol. The third-order valence-corrected chi connectivity index (χ3v) is 10.2. The molecule has 48 heavy (non-hydrogen) atoms. The first-order chi connectivity index (χ1) is 23.8. The van der Waals surface area contributed by atoms with E-state index in [0.717, 1.165) is 46.7 Å². The maximum absolute atomic E-state index is 6.97. The molecule has 1 aliphatic heterocycles. The minimum atomic E-state index is -0.0183. The van der Waals surface area contributed by atoms with Crippen LogP contribution in [0.2, 0.25) is 0 Å². The second-order valence-electron chi connectivity index (χ2n) is 13.0. The molecule has 3 heteroatoms. The van der Waals surface area contributed by atoms with Gasteiger partial charge in [-0.25, -0.2) is 4.98 Å². The van der Waals surface area contributed by atoms with Crippen molar-refractivity contribution in [1.29, 1.82) is 0 Å². The number of nitrogens with zero attached hydrogens (tertiary/aromatic N) is 2. The zero-order valence-electron chi connectivity index (χ0n) is 26.4. The molecule has 3 nitrogen and oxygen atoms in total. The Hall–Kier alpha value is -5.93. The Bertz CT molecular complexity index is 2360. The van der Waals surface area contributed by atoms with E-state index in [1.807, 2.05) is 0 Å². The largest absolute Gasteiger partial charge is 0.484 e. The lowest BCUT2D eigenvalue weighted by Gasteiger charge is -2.20. The highest BCUT2D eigenvalue weighted by atomic mass is 16.5. The van der Waals surface area contributed by atoms with Crippen molar-refractivity contribution in [1.82, 2.24) is 9.55 Å². The van der Waals surface area contributed by atoms with Gasteiger partial charge in [0.25, 0.3) is 0 Å². The molecular formula is C45H32N2O. The van der Waals surface area contributed by atoms with Crippen molar-refractivity contribution in [3.8, 4) is 56.2 Å². The van der Waals surface area contributed by atoms with Crippen molar-refractivity contribution in [2.45, 2.75) is 24.9 Å². The number of aryl methyl sites for hydroxylation is 1. The quantitative estimate of drug-likeness (QED) is 0.197. The Morgan fingerprint density at radius 1 is 0.604 bits per heavy atom. The van der Waals surface area contributed by atoms with Crippen LogP contribution in [-0.4, -0.2) is 15.7 Å². The van der Waals surface area contributed by atoms with Crippen molar-refractivity contribution in [2.24, 2.45) is 0 Å². The number of para-hydroxylation sites is 1. The highest BCUT2D eigenvalue weighted by Gasteiger charge is 2.38. The third kappa shape index (κ3) is 4.17. The van der Waals surface area contributed by atoms with E-state index in [4.69, 9.17) is 9.72 Å². The van der Waals surface area contributed by atoms with Crippen LogP contribution in [0.3, 0.4) is 0 Å². The molecule has 2 unspecified atom stereocenters. The third-order valence-electron chi connectivity index (χ3n) is 10.2. The molecule has 0 saturated heterocycles. The maximum atomic E-state index is 6.97. The normalized spacial score (nSPS) is 17.0. The maximum Gasteiger partial charge on any atom is 0.134 e. The van der Waals surface area contributed by atoms with E-state index in [2.05, 4.69) is 162 Å². The van der Waals surface area contributed by atoms with Gasteiger partial charge in [0, 0.05) is 45.1 Å². The van der Waals surface area contributed by atoms with Crippen molar-refractivity contribution >= 4 is 10.9 Å². The summed E-state index contributed by atoms with van der Waals surface area (Å²) in [5, 5.41) is 1.21. The number of aromatic nitrogens is 2. The van der Waals surface area contributed by atoms with Crippen LogP contribution in [-0.2, 0) is 12.8 Å². The van der Waals surface area contributed by atoms with Crippen LogP contribution in [0.1, 0.15) is 22.7 Å². The highest BCUT2D eigenvalue weighted by molar-refractivity contribution is 6.11. The molecule has 0 fully saturated rings. The summed E-state index contributed by atoms with van der Waals surface area (Å²) in [4.78, 5) is 5.24. The molecule has 0 bridgehead atoms. The lowest BCUT2D eigenvalue weighted by molar-refractivity contribution is 0.271. The van der Waals surface area contributed by atoms with Crippen molar-refractivity contribution in [2.75, 3.05) is 0 Å². The lowest BCUT2D eigenvalue weighted by Crippen LogP contribution is -2.15. The fraction of sp³-hybridized carbons (Fsp3) is 0.0889. The van der Waals surface area contributed by atoms with E-state index < -0.39 is 0 Å². The summed E-state index contributed by atoms with van der Waals surface area (Å²) in [7, 11) is 0. The molecular weight excluding hydrogens is 585 g/mol. The van der Waals surface area contributed by atoms with Crippen LogP contribution in [0.25, 0.3) is 61.4 Å². The van der Waals surface area contributed by atoms with E-state index in [9.17, 15) is 0 Å². The number of ether oxygens (including phenoxy) is 1. The topological polar surface area (TPSA) is 27.1 Å². The minimum Gasteiger partial charge on any atom is -0.484 e. The molecule has 5 aromatic carbocycles. The molecule has 2 atom stereocenters. The number of fused-ring (bicyclic) bond motifs is 9. The van der Waals surface area contributed by atoms with Crippen LogP contribution in [0, 0.1) is 0 Å². The summed E-state index contributed by atoms with van der Waals surface area (Å²) >= 11 is 0. The van der Waals surface area contributed by atoms with Gasteiger partial charge in [0.2, 0.25) is 0 Å². The Balaban J connectivity index is 1.36. The summed E-state index contributed by atoms with van der Waals surface area (Å²) in [5.41, 5.74) is 15.4. The molecule has 0 amide bonds. The van der Waals surface area contributed by atoms with E-state index in [0.29, 0.717) is 0 Å². The smallest absolute Gasteiger partial charge is 0.134 e. The molecule has 0 N–H and O–H groups in total. The first-order valence-corrected chi connectivity index (χ1v) is 16.8. The summed E-state index contributed by atoms with van der Waals surface area (Å²) < 4.78 is 9.49. The molecule has 2 aliphatic carbocycles. The zero-order valence-corrected chi connectivity index (χ0v) is 26.4. The van der Waals surface area contributed by atoms with Gasteiger partial charge in [-0.3, -0.25) is 0 Å². The van der Waals surface area contributed by atoms with Gasteiger partial charge in [0.15, 0.2) is 0 Å². The summed E-state index contributed by atoms with van der Waals surface area (Å²) in [6, 6.07) is 47.9. The first-order valence-electron chi connectivity index (χ1n) is 16.8. The molecule has 0 radical (unpaired) electrons. The van der Waals surface area contributed by atoms with E-state index in [1.54, 1.807) is 0 Å². The SMILES string of the molecule is C1=CC2Oc3c(cc(-c4cc(-c5ccccc5)nc(-c5ccccc5)c4)c4c3c3c(n4-c4ccccc4)CCc4ccccc4-3)C2C=C1. The Kier molecular flexibility index (Phi) is 6.13. The summed E-state index contributed by atoms with van der Waals surface area (Å²) in [6.45, 7) is 0. The number of benzene rings is 5. The van der Waals surface area contributed by atoms with Gasteiger partial charge in [-0.2, -0.15) is 0 Å². The number of pyridine rings is 1. The molecule has 0 saturated carbocycles. The van der Waals surface area contributed by atoms with Gasteiger partial charge in [-0.15, -0.1) is 0 Å². The Morgan fingerprint density at radius 3 is 1.98 bits per heavy atom. The average Bonchev–Trinajstić information content (AvgIpc) is 3.72. The molecule has 3 heterocycles. The van der Waals surface area contributed by atoms with Gasteiger partial charge >= 0.3 is 0 Å². The number of rotatable bonds is 4. The minimum absolute atomic E-state index is 0.0183. The molecule has 228 valence electrons. The lowest BCUT2D eigenvalue weighted by atomic mass is 9.85. The van der Waals surface area contributed by atoms with Gasteiger partial charge in [-0.05, 0) is 65.9 Å². The van der Waals surface area contributed by atoms with Gasteiger partial charge in [0.1, 0.15) is 11.9 Å². The first kappa shape index (κ1) is 27.2. The predicted octanol–water partition coefficient (Wildman–Crippen LogP) is 10.8. The number of allylic oxidation sites excluding steroid dienone is 2. The molecule has 0 spiro atoms. The number of hydrogen-bond donors (Lipinski definition) is 0. The molecule has 2 aromatic heterocycles. The summed E-state index contributed by atoms with van der Waals surface area (Å²) in [5.74, 6) is 1.18. The molecule has 10 rings (SSSR count). The Morgan fingerprint density at radius 2 is 1.25 bits per heavy atom. The molecule has 7 aromatic rings. The fourth-order valence-corrected chi connectivity index (χ4v) is 8.07. The standard InChI is InChI=1S/C45H32N2O/c1-4-15-30(16-5-1)38-26-32(27-39(46-38)31-17-6-2-7-18-31)36-28-37-35-22-12-13-23-41(35)48-45(37)43-42-34-21-11-10-14-29(34)24-25-40(42)47(44(36)43)33-19-8-3-9-20-33/h1-23,26-28,35,41H,24-25H2.